The van der Waals surface area contributed by atoms with Crippen LogP contribution in [0.2, 0.25) is 0 Å². The summed E-state index contributed by atoms with van der Waals surface area (Å²) in [5.74, 6) is 0.674. The van der Waals surface area contributed by atoms with Gasteiger partial charge in [0.05, 0.1) is 6.61 Å². The van der Waals surface area contributed by atoms with Crippen molar-refractivity contribution < 1.29 is 9.84 Å². The van der Waals surface area contributed by atoms with Gasteiger partial charge in [0.15, 0.2) is 0 Å². The van der Waals surface area contributed by atoms with Crippen molar-refractivity contribution in [3.8, 4) is 5.75 Å². The molecule has 2 aromatic carbocycles. The first kappa shape index (κ1) is 12.5. The maximum absolute atomic E-state index is 9.25. The zero-order valence-electron chi connectivity index (χ0n) is 10.4. The molecule has 0 unspecified atom stereocenters. The van der Waals surface area contributed by atoms with Gasteiger partial charge in [0.25, 0.3) is 0 Å². The van der Waals surface area contributed by atoms with Gasteiger partial charge in [-0.05, 0) is 30.7 Å². The highest BCUT2D eigenvalue weighted by Crippen LogP contribution is 2.22. The maximum Gasteiger partial charge on any atom is 0.125 e. The second kappa shape index (κ2) is 5.56. The van der Waals surface area contributed by atoms with Gasteiger partial charge in [0, 0.05) is 11.3 Å². The van der Waals surface area contributed by atoms with Gasteiger partial charge in [0.2, 0.25) is 0 Å². The summed E-state index contributed by atoms with van der Waals surface area (Å²) in [6.45, 7) is 2.46. The highest BCUT2D eigenvalue weighted by molar-refractivity contribution is 5.47. The molecule has 2 rings (SSSR count). The minimum absolute atomic E-state index is 0.0752. The topological polar surface area (TPSA) is 55.5 Å². The number of aliphatic hydroxyl groups is 1. The lowest BCUT2D eigenvalue weighted by atomic mass is 10.1. The maximum atomic E-state index is 9.25. The van der Waals surface area contributed by atoms with Crippen molar-refractivity contribution in [3.05, 3.63) is 59.2 Å². The lowest BCUT2D eigenvalue weighted by Gasteiger charge is -2.11. The highest BCUT2D eigenvalue weighted by Gasteiger charge is 2.04. The smallest absolute Gasteiger partial charge is 0.125 e. The summed E-state index contributed by atoms with van der Waals surface area (Å²) in [7, 11) is 0. The standard InChI is InChI=1S/C15H17NO2/c1-11-3-2-4-12(7-11)10-18-15-6-5-14(16)8-13(15)9-17/h2-8,17H,9-10,16H2,1H3. The average molecular weight is 243 g/mol. The zero-order chi connectivity index (χ0) is 13.0. The molecular formula is C15H17NO2. The van der Waals surface area contributed by atoms with Crippen LogP contribution < -0.4 is 10.5 Å². The van der Waals surface area contributed by atoms with Crippen molar-refractivity contribution in [2.24, 2.45) is 0 Å². The Labute approximate surface area is 107 Å². The van der Waals surface area contributed by atoms with E-state index in [-0.39, 0.29) is 6.61 Å². The van der Waals surface area contributed by atoms with Gasteiger partial charge < -0.3 is 15.6 Å². The van der Waals surface area contributed by atoms with E-state index >= 15 is 0 Å². The van der Waals surface area contributed by atoms with Gasteiger partial charge in [-0.1, -0.05) is 29.8 Å². The molecular weight excluding hydrogens is 226 g/mol. The summed E-state index contributed by atoms with van der Waals surface area (Å²) in [5, 5.41) is 9.25. The molecule has 0 atom stereocenters. The quantitative estimate of drug-likeness (QED) is 0.812. The van der Waals surface area contributed by atoms with Gasteiger partial charge in [-0.25, -0.2) is 0 Å². The molecule has 0 radical (unpaired) electrons. The monoisotopic (exact) mass is 243 g/mol. The minimum Gasteiger partial charge on any atom is -0.489 e. The van der Waals surface area contributed by atoms with Crippen LogP contribution in [0.4, 0.5) is 5.69 Å². The number of hydrogen-bond donors (Lipinski definition) is 2. The van der Waals surface area contributed by atoms with Gasteiger partial charge in [-0.3, -0.25) is 0 Å². The molecule has 0 spiro atoms. The fourth-order valence-corrected chi connectivity index (χ4v) is 1.83. The minimum atomic E-state index is -0.0752. The Morgan fingerprint density at radius 2 is 2.00 bits per heavy atom. The molecule has 3 nitrogen and oxygen atoms in total. The molecule has 0 amide bonds. The summed E-state index contributed by atoms with van der Waals surface area (Å²) in [6, 6.07) is 13.4. The van der Waals surface area contributed by atoms with Crippen LogP contribution in [0.3, 0.4) is 0 Å². The van der Waals surface area contributed by atoms with Crippen molar-refractivity contribution in [2.45, 2.75) is 20.1 Å². The van der Waals surface area contributed by atoms with E-state index in [1.165, 1.54) is 5.56 Å². The van der Waals surface area contributed by atoms with Crippen LogP contribution in [0, 0.1) is 6.92 Å². The van der Waals surface area contributed by atoms with E-state index in [1.54, 1.807) is 18.2 Å². The van der Waals surface area contributed by atoms with E-state index < -0.39 is 0 Å². The van der Waals surface area contributed by atoms with E-state index in [2.05, 4.69) is 6.07 Å². The lowest BCUT2D eigenvalue weighted by molar-refractivity contribution is 0.259. The normalized spacial score (nSPS) is 10.3. The molecule has 0 heterocycles. The third-order valence-corrected chi connectivity index (χ3v) is 2.73. The van der Waals surface area contributed by atoms with Crippen LogP contribution in [-0.2, 0) is 13.2 Å². The third-order valence-electron chi connectivity index (χ3n) is 2.73. The predicted molar refractivity (Wildman–Crippen MR) is 72.3 cm³/mol. The fraction of sp³-hybridized carbons (Fsp3) is 0.200. The summed E-state index contributed by atoms with van der Waals surface area (Å²) < 4.78 is 5.71. The molecule has 0 aliphatic rings. The Balaban J connectivity index is 2.10. The number of anilines is 1. The number of ether oxygens (including phenoxy) is 1. The summed E-state index contributed by atoms with van der Waals surface area (Å²) >= 11 is 0. The molecule has 0 aliphatic heterocycles. The van der Waals surface area contributed by atoms with Gasteiger partial charge in [-0.15, -0.1) is 0 Å². The number of hydrogen-bond acceptors (Lipinski definition) is 3. The summed E-state index contributed by atoms with van der Waals surface area (Å²) in [5.41, 5.74) is 9.31. The van der Waals surface area contributed by atoms with Crippen molar-refractivity contribution in [1.82, 2.24) is 0 Å². The fourth-order valence-electron chi connectivity index (χ4n) is 1.83. The molecule has 3 heteroatoms. The average Bonchev–Trinajstić information content (AvgIpc) is 2.37. The predicted octanol–water partition coefficient (Wildman–Crippen LogP) is 2.65. The number of nitrogen functional groups attached to an aromatic ring is 1. The van der Waals surface area contributed by atoms with Crippen molar-refractivity contribution in [3.63, 3.8) is 0 Å². The van der Waals surface area contributed by atoms with Crippen LogP contribution in [0.1, 0.15) is 16.7 Å². The van der Waals surface area contributed by atoms with Crippen molar-refractivity contribution in [2.75, 3.05) is 5.73 Å². The number of aryl methyl sites for hydroxylation is 1. The summed E-state index contributed by atoms with van der Waals surface area (Å²) in [6.07, 6.45) is 0. The van der Waals surface area contributed by atoms with E-state index in [0.717, 1.165) is 5.56 Å². The zero-order valence-corrected chi connectivity index (χ0v) is 10.4. The van der Waals surface area contributed by atoms with Crippen LogP contribution >= 0.6 is 0 Å². The molecule has 0 aliphatic carbocycles. The highest BCUT2D eigenvalue weighted by atomic mass is 16.5. The molecule has 3 N–H and O–H groups in total. The van der Waals surface area contributed by atoms with Crippen molar-refractivity contribution >= 4 is 5.69 Å². The summed E-state index contributed by atoms with van der Waals surface area (Å²) in [4.78, 5) is 0. The largest absolute Gasteiger partial charge is 0.489 e. The Bertz CT molecular complexity index is 538. The number of rotatable bonds is 4. The molecule has 94 valence electrons. The first-order chi connectivity index (χ1) is 8.69. The number of benzene rings is 2. The Morgan fingerprint density at radius 1 is 1.17 bits per heavy atom. The van der Waals surface area contributed by atoms with E-state index in [0.29, 0.717) is 23.6 Å². The second-order valence-corrected chi connectivity index (χ2v) is 4.30. The molecule has 0 fully saturated rings. The van der Waals surface area contributed by atoms with Crippen molar-refractivity contribution in [1.29, 1.82) is 0 Å². The Kier molecular flexibility index (Phi) is 3.85. The third kappa shape index (κ3) is 3.02. The first-order valence-electron chi connectivity index (χ1n) is 5.86. The molecule has 2 aromatic rings. The van der Waals surface area contributed by atoms with E-state index in [4.69, 9.17) is 10.5 Å². The van der Waals surface area contributed by atoms with Gasteiger partial charge in [0.1, 0.15) is 12.4 Å². The van der Waals surface area contributed by atoms with E-state index in [1.807, 2.05) is 25.1 Å². The lowest BCUT2D eigenvalue weighted by Crippen LogP contribution is -2.00. The molecule has 0 bridgehead atoms. The molecule has 0 aromatic heterocycles. The van der Waals surface area contributed by atoms with Crippen LogP contribution in [0.25, 0.3) is 0 Å². The van der Waals surface area contributed by atoms with E-state index in [9.17, 15) is 5.11 Å². The van der Waals surface area contributed by atoms with Gasteiger partial charge in [-0.2, -0.15) is 0 Å². The molecule has 18 heavy (non-hydrogen) atoms. The SMILES string of the molecule is Cc1cccc(COc2ccc(N)cc2CO)c1. The Hall–Kier alpha value is -2.00. The first-order valence-corrected chi connectivity index (χ1v) is 5.86. The molecule has 0 saturated heterocycles. The number of nitrogens with two attached hydrogens (primary N) is 1. The molecule has 0 saturated carbocycles. The van der Waals surface area contributed by atoms with Crippen LogP contribution in [-0.4, -0.2) is 5.11 Å². The van der Waals surface area contributed by atoms with Crippen LogP contribution in [0.5, 0.6) is 5.75 Å². The van der Waals surface area contributed by atoms with Gasteiger partial charge >= 0.3 is 0 Å². The van der Waals surface area contributed by atoms with Crippen LogP contribution in [0.15, 0.2) is 42.5 Å². The second-order valence-electron chi connectivity index (χ2n) is 4.30. The number of aliphatic hydroxyl groups excluding tert-OH is 1. The Morgan fingerprint density at radius 3 is 2.72 bits per heavy atom.